The predicted octanol–water partition coefficient (Wildman–Crippen LogP) is 3.21. The van der Waals surface area contributed by atoms with Crippen LogP contribution in [0.3, 0.4) is 0 Å². The molecule has 4 nitrogen and oxygen atoms in total. The minimum Gasteiger partial charge on any atom is -0.455 e. The zero-order valence-corrected chi connectivity index (χ0v) is 15.7. The Balaban J connectivity index is 1.68. The highest BCUT2D eigenvalue weighted by atomic mass is 16.6. The van der Waals surface area contributed by atoms with Crippen molar-refractivity contribution in [2.75, 3.05) is 0 Å². The standard InChI is InChI=1S/C21H32O4/c1-12(22)25-19-16-5-4-13-14-6-7-18(24)21(14,3)10-8-15(13)20(16,2)11-9-17(19)23/h5,13-15,17-19,23-24H,4,6-11H2,1-3H3/t13-,14-,15-,17?,18-,19-,20+,21-/m0/s1. The molecular formula is C21H32O4. The molecule has 3 fully saturated rings. The van der Waals surface area contributed by atoms with Crippen LogP contribution in [0.4, 0.5) is 0 Å². The Bertz CT molecular complexity index is 599. The van der Waals surface area contributed by atoms with E-state index in [-0.39, 0.29) is 22.9 Å². The van der Waals surface area contributed by atoms with Gasteiger partial charge in [0.1, 0.15) is 6.10 Å². The van der Waals surface area contributed by atoms with Crippen LogP contribution < -0.4 is 0 Å². The first-order valence-electron chi connectivity index (χ1n) is 10.0. The number of fused-ring (bicyclic) bond motifs is 5. The Morgan fingerprint density at radius 1 is 1.12 bits per heavy atom. The maximum atomic E-state index is 11.6. The molecule has 0 heterocycles. The first-order chi connectivity index (χ1) is 11.8. The van der Waals surface area contributed by atoms with E-state index in [2.05, 4.69) is 19.9 Å². The smallest absolute Gasteiger partial charge is 0.303 e. The minimum atomic E-state index is -0.582. The van der Waals surface area contributed by atoms with E-state index in [4.69, 9.17) is 4.74 Å². The highest BCUT2D eigenvalue weighted by Crippen LogP contribution is 2.64. The average molecular weight is 348 g/mol. The van der Waals surface area contributed by atoms with Gasteiger partial charge in [0.15, 0.2) is 0 Å². The molecule has 8 atom stereocenters. The Kier molecular flexibility index (Phi) is 4.08. The van der Waals surface area contributed by atoms with Crippen LogP contribution in [0.5, 0.6) is 0 Å². The van der Waals surface area contributed by atoms with Crippen LogP contribution in [0.15, 0.2) is 11.6 Å². The molecule has 0 spiro atoms. The number of aliphatic hydroxyl groups excluding tert-OH is 2. The third kappa shape index (κ3) is 2.43. The normalized spacial score (nSPS) is 51.8. The van der Waals surface area contributed by atoms with Crippen LogP contribution in [0.2, 0.25) is 0 Å². The number of rotatable bonds is 1. The number of allylic oxidation sites excluding steroid dienone is 1. The van der Waals surface area contributed by atoms with Gasteiger partial charge in [-0.05, 0) is 79.1 Å². The number of carbonyl (C=O) groups excluding carboxylic acids is 1. The molecule has 0 aromatic heterocycles. The molecule has 0 bridgehead atoms. The van der Waals surface area contributed by atoms with Crippen molar-refractivity contribution in [3.8, 4) is 0 Å². The van der Waals surface area contributed by atoms with Crippen molar-refractivity contribution >= 4 is 5.97 Å². The van der Waals surface area contributed by atoms with Crippen molar-refractivity contribution in [1.29, 1.82) is 0 Å². The minimum absolute atomic E-state index is 0.0110. The maximum absolute atomic E-state index is 11.6. The summed E-state index contributed by atoms with van der Waals surface area (Å²) in [6, 6.07) is 0. The van der Waals surface area contributed by atoms with Gasteiger partial charge < -0.3 is 14.9 Å². The van der Waals surface area contributed by atoms with Crippen LogP contribution in [0.1, 0.15) is 65.7 Å². The number of aliphatic hydroxyl groups is 2. The van der Waals surface area contributed by atoms with Crippen molar-refractivity contribution in [1.82, 2.24) is 0 Å². The Hall–Kier alpha value is -0.870. The molecule has 4 rings (SSSR count). The van der Waals surface area contributed by atoms with Gasteiger partial charge >= 0.3 is 5.97 Å². The van der Waals surface area contributed by atoms with Crippen LogP contribution in [-0.2, 0) is 9.53 Å². The largest absolute Gasteiger partial charge is 0.455 e. The predicted molar refractivity (Wildman–Crippen MR) is 94.7 cm³/mol. The Labute approximate surface area is 150 Å². The van der Waals surface area contributed by atoms with Crippen LogP contribution in [-0.4, -0.2) is 34.5 Å². The van der Waals surface area contributed by atoms with Crippen molar-refractivity contribution in [2.24, 2.45) is 28.6 Å². The van der Waals surface area contributed by atoms with E-state index >= 15 is 0 Å². The highest BCUT2D eigenvalue weighted by molar-refractivity contribution is 5.66. The van der Waals surface area contributed by atoms with E-state index in [1.165, 1.54) is 6.92 Å². The molecular weight excluding hydrogens is 316 g/mol. The van der Waals surface area contributed by atoms with Gasteiger partial charge in [-0.15, -0.1) is 0 Å². The van der Waals surface area contributed by atoms with E-state index < -0.39 is 12.2 Å². The van der Waals surface area contributed by atoms with Crippen molar-refractivity contribution in [3.05, 3.63) is 11.6 Å². The SMILES string of the molecule is CC(=O)O[C@H]1C2=CC[C@H]3[C@@H]4CC[C@H](O)[C@@]4(C)CC[C@@H]3[C@@]2(C)CCC1O. The second-order valence-electron chi connectivity index (χ2n) is 9.46. The highest BCUT2D eigenvalue weighted by Gasteiger charge is 2.59. The molecule has 4 aliphatic carbocycles. The summed E-state index contributed by atoms with van der Waals surface area (Å²) in [5.74, 6) is 1.46. The van der Waals surface area contributed by atoms with E-state index in [1.807, 2.05) is 0 Å². The van der Waals surface area contributed by atoms with Crippen LogP contribution >= 0.6 is 0 Å². The molecule has 2 N–H and O–H groups in total. The maximum Gasteiger partial charge on any atom is 0.303 e. The molecule has 0 aliphatic heterocycles. The van der Waals surface area contributed by atoms with Crippen molar-refractivity contribution in [3.63, 3.8) is 0 Å². The summed E-state index contributed by atoms with van der Waals surface area (Å²) < 4.78 is 5.54. The van der Waals surface area contributed by atoms with Gasteiger partial charge in [0.2, 0.25) is 0 Å². The molecule has 4 aliphatic rings. The number of esters is 1. The van der Waals surface area contributed by atoms with Gasteiger partial charge in [-0.25, -0.2) is 0 Å². The molecule has 0 aromatic carbocycles. The molecule has 0 amide bonds. The molecule has 140 valence electrons. The van der Waals surface area contributed by atoms with E-state index in [0.717, 1.165) is 44.1 Å². The molecule has 25 heavy (non-hydrogen) atoms. The number of ether oxygens (including phenoxy) is 1. The lowest BCUT2D eigenvalue weighted by Gasteiger charge is -2.58. The van der Waals surface area contributed by atoms with E-state index in [1.54, 1.807) is 0 Å². The fraction of sp³-hybridized carbons (Fsp3) is 0.857. The third-order valence-electron chi connectivity index (χ3n) is 8.38. The summed E-state index contributed by atoms with van der Waals surface area (Å²) in [6.07, 6.45) is 8.00. The topological polar surface area (TPSA) is 66.8 Å². The molecule has 3 saturated carbocycles. The summed E-state index contributed by atoms with van der Waals surface area (Å²) in [7, 11) is 0. The second-order valence-corrected chi connectivity index (χ2v) is 9.46. The molecule has 0 saturated heterocycles. The number of hydrogen-bond donors (Lipinski definition) is 2. The van der Waals surface area contributed by atoms with Crippen LogP contribution in [0, 0.1) is 28.6 Å². The quantitative estimate of drug-likeness (QED) is 0.564. The summed E-state index contributed by atoms with van der Waals surface area (Å²) in [6.45, 7) is 6.04. The monoisotopic (exact) mass is 348 g/mol. The van der Waals surface area contributed by atoms with Gasteiger partial charge in [0.25, 0.3) is 0 Å². The van der Waals surface area contributed by atoms with Gasteiger partial charge in [-0.3, -0.25) is 4.79 Å². The van der Waals surface area contributed by atoms with Crippen molar-refractivity contribution in [2.45, 2.75) is 84.0 Å². The molecule has 1 unspecified atom stereocenters. The van der Waals surface area contributed by atoms with Crippen molar-refractivity contribution < 1.29 is 19.7 Å². The Morgan fingerprint density at radius 2 is 1.88 bits per heavy atom. The van der Waals surface area contributed by atoms with E-state index in [9.17, 15) is 15.0 Å². The zero-order valence-electron chi connectivity index (χ0n) is 15.7. The van der Waals surface area contributed by atoms with Crippen LogP contribution in [0.25, 0.3) is 0 Å². The summed E-state index contributed by atoms with van der Waals surface area (Å²) in [5.41, 5.74) is 1.24. The van der Waals surface area contributed by atoms with Gasteiger partial charge in [0, 0.05) is 6.92 Å². The summed E-state index contributed by atoms with van der Waals surface area (Å²) in [4.78, 5) is 11.6. The fourth-order valence-corrected chi connectivity index (χ4v) is 6.99. The summed E-state index contributed by atoms with van der Waals surface area (Å²) >= 11 is 0. The first-order valence-corrected chi connectivity index (χ1v) is 10.0. The first kappa shape index (κ1) is 17.5. The lowest BCUT2D eigenvalue weighted by Crippen LogP contribution is -2.54. The molecule has 0 aromatic rings. The van der Waals surface area contributed by atoms with Gasteiger partial charge in [-0.2, -0.15) is 0 Å². The lowest BCUT2D eigenvalue weighted by atomic mass is 9.47. The number of carbonyl (C=O) groups is 1. The lowest BCUT2D eigenvalue weighted by molar-refractivity contribution is -0.155. The second kappa shape index (κ2) is 5.82. The third-order valence-corrected chi connectivity index (χ3v) is 8.38. The Morgan fingerprint density at radius 3 is 2.60 bits per heavy atom. The number of hydrogen-bond acceptors (Lipinski definition) is 4. The summed E-state index contributed by atoms with van der Waals surface area (Å²) in [5, 5.41) is 21.0. The zero-order chi connectivity index (χ0) is 18.0. The molecule has 4 heteroatoms. The van der Waals surface area contributed by atoms with Gasteiger partial charge in [0.05, 0.1) is 12.2 Å². The molecule has 0 radical (unpaired) electrons. The fourth-order valence-electron chi connectivity index (χ4n) is 6.99. The average Bonchev–Trinajstić information content (AvgIpc) is 2.86. The van der Waals surface area contributed by atoms with Gasteiger partial charge in [-0.1, -0.05) is 19.9 Å². The van der Waals surface area contributed by atoms with E-state index in [0.29, 0.717) is 24.2 Å².